The highest BCUT2D eigenvalue weighted by Crippen LogP contribution is 2.24. The summed E-state index contributed by atoms with van der Waals surface area (Å²) >= 11 is 0. The highest BCUT2D eigenvalue weighted by molar-refractivity contribution is 6.00. The van der Waals surface area contributed by atoms with E-state index in [1.807, 2.05) is 0 Å². The number of carbonyl (C=O) groups excluding carboxylic acids is 1. The number of rotatable bonds is 2. The van der Waals surface area contributed by atoms with Crippen molar-refractivity contribution in [2.45, 2.75) is 6.92 Å². The van der Waals surface area contributed by atoms with Gasteiger partial charge in [-0.25, -0.2) is 4.98 Å². The van der Waals surface area contributed by atoms with Crippen molar-refractivity contribution >= 4 is 16.8 Å². The van der Waals surface area contributed by atoms with Gasteiger partial charge in [0.15, 0.2) is 11.4 Å². The van der Waals surface area contributed by atoms with E-state index in [2.05, 4.69) is 15.3 Å². The van der Waals surface area contributed by atoms with Crippen LogP contribution in [0.25, 0.3) is 10.9 Å². The average Bonchev–Trinajstić information content (AvgIpc) is 2.30. The number of aromatic hydroxyl groups is 1. The predicted molar refractivity (Wildman–Crippen MR) is 59.2 cm³/mol. The van der Waals surface area contributed by atoms with Crippen molar-refractivity contribution in [1.29, 1.82) is 0 Å². The minimum atomic E-state index is -0.396. The maximum atomic E-state index is 11.5. The molecule has 0 radical (unpaired) electrons. The Morgan fingerprint density at radius 2 is 2.31 bits per heavy atom. The number of fused-ring (bicyclic) bond motifs is 1. The van der Waals surface area contributed by atoms with Crippen LogP contribution < -0.4 is 5.32 Å². The molecule has 0 aliphatic carbocycles. The van der Waals surface area contributed by atoms with E-state index in [0.717, 1.165) is 0 Å². The van der Waals surface area contributed by atoms with Crippen molar-refractivity contribution in [3.05, 3.63) is 30.2 Å². The first kappa shape index (κ1) is 10.4. The minimum Gasteiger partial charge on any atom is -0.504 e. The van der Waals surface area contributed by atoms with E-state index in [0.29, 0.717) is 17.4 Å². The van der Waals surface area contributed by atoms with Gasteiger partial charge in [-0.3, -0.25) is 9.78 Å². The Morgan fingerprint density at radius 1 is 1.50 bits per heavy atom. The molecule has 2 N–H and O–H groups in total. The molecule has 2 rings (SSSR count). The molecule has 0 saturated carbocycles. The molecule has 0 saturated heterocycles. The van der Waals surface area contributed by atoms with E-state index in [1.165, 1.54) is 6.20 Å². The van der Waals surface area contributed by atoms with Crippen LogP contribution >= 0.6 is 0 Å². The van der Waals surface area contributed by atoms with E-state index in [1.54, 1.807) is 25.3 Å². The Labute approximate surface area is 92.2 Å². The second kappa shape index (κ2) is 4.14. The Morgan fingerprint density at radius 3 is 3.06 bits per heavy atom. The summed E-state index contributed by atoms with van der Waals surface area (Å²) in [6.07, 6.45) is 3.08. The lowest BCUT2D eigenvalue weighted by atomic mass is 10.2. The van der Waals surface area contributed by atoms with Gasteiger partial charge in [0.2, 0.25) is 0 Å². The molecule has 0 spiro atoms. The van der Waals surface area contributed by atoms with Crippen molar-refractivity contribution in [2.24, 2.45) is 0 Å². The van der Waals surface area contributed by atoms with Crippen LogP contribution in [0.15, 0.2) is 24.5 Å². The van der Waals surface area contributed by atoms with Crippen LogP contribution in [0.3, 0.4) is 0 Å². The van der Waals surface area contributed by atoms with E-state index >= 15 is 0 Å². The van der Waals surface area contributed by atoms with Crippen molar-refractivity contribution in [3.8, 4) is 5.75 Å². The minimum absolute atomic E-state index is 0.00745. The summed E-state index contributed by atoms with van der Waals surface area (Å²) in [5, 5.41) is 13.1. The number of nitrogens with zero attached hydrogens (tertiary/aromatic N) is 2. The molecular weight excluding hydrogens is 206 g/mol. The van der Waals surface area contributed by atoms with Crippen LogP contribution in [0.4, 0.5) is 0 Å². The molecule has 0 bridgehead atoms. The van der Waals surface area contributed by atoms with E-state index in [4.69, 9.17) is 0 Å². The molecule has 2 aromatic rings. The molecule has 16 heavy (non-hydrogen) atoms. The van der Waals surface area contributed by atoms with Crippen LogP contribution in [0.2, 0.25) is 0 Å². The summed E-state index contributed by atoms with van der Waals surface area (Å²) in [4.78, 5) is 19.5. The Hall–Kier alpha value is -2.17. The first-order chi connectivity index (χ1) is 7.74. The number of nitrogens with one attached hydrogen (secondary N) is 1. The summed E-state index contributed by atoms with van der Waals surface area (Å²) in [7, 11) is 0. The highest BCUT2D eigenvalue weighted by Gasteiger charge is 2.15. The van der Waals surface area contributed by atoms with Gasteiger partial charge in [0.25, 0.3) is 5.91 Å². The van der Waals surface area contributed by atoms with Gasteiger partial charge in [0.1, 0.15) is 5.52 Å². The predicted octanol–water partition coefficient (Wildman–Crippen LogP) is 1.09. The monoisotopic (exact) mass is 217 g/mol. The molecule has 0 fully saturated rings. The third-order valence-corrected chi connectivity index (χ3v) is 2.17. The number of amides is 1. The van der Waals surface area contributed by atoms with Gasteiger partial charge in [-0.2, -0.15) is 0 Å². The number of hydrogen-bond acceptors (Lipinski definition) is 4. The van der Waals surface area contributed by atoms with Crippen LogP contribution in [0.5, 0.6) is 5.75 Å². The third kappa shape index (κ3) is 1.67. The number of carbonyl (C=O) groups is 1. The fourth-order valence-electron chi connectivity index (χ4n) is 1.44. The fraction of sp³-hybridized carbons (Fsp3) is 0.182. The standard InChI is InChI=1S/C11H11N3O2/c1-2-12-11(16)9-10(15)8-7(6-14-9)4-3-5-13-8/h3-6,15H,2H2,1H3,(H,12,16). The topological polar surface area (TPSA) is 75.1 Å². The molecular formula is C11H11N3O2. The zero-order valence-corrected chi connectivity index (χ0v) is 8.77. The molecule has 5 heteroatoms. The number of pyridine rings is 2. The van der Waals surface area contributed by atoms with Gasteiger partial charge in [0.05, 0.1) is 0 Å². The molecule has 0 unspecified atom stereocenters. The second-order valence-corrected chi connectivity index (χ2v) is 3.26. The first-order valence-electron chi connectivity index (χ1n) is 4.95. The number of hydrogen-bond donors (Lipinski definition) is 2. The molecule has 0 aliphatic heterocycles. The summed E-state index contributed by atoms with van der Waals surface area (Å²) in [6.45, 7) is 2.29. The summed E-state index contributed by atoms with van der Waals surface area (Å²) in [5.74, 6) is -0.573. The quantitative estimate of drug-likeness (QED) is 0.789. The van der Waals surface area contributed by atoms with Gasteiger partial charge in [-0.15, -0.1) is 0 Å². The van der Waals surface area contributed by atoms with E-state index < -0.39 is 5.91 Å². The zero-order valence-electron chi connectivity index (χ0n) is 8.77. The van der Waals surface area contributed by atoms with Gasteiger partial charge in [-0.1, -0.05) is 0 Å². The highest BCUT2D eigenvalue weighted by atomic mass is 16.3. The Kier molecular flexibility index (Phi) is 2.68. The third-order valence-electron chi connectivity index (χ3n) is 2.17. The molecule has 0 atom stereocenters. The molecule has 0 aliphatic rings. The SMILES string of the molecule is CCNC(=O)c1ncc2cccnc2c1O. The lowest BCUT2D eigenvalue weighted by molar-refractivity contribution is 0.0948. The Bertz CT molecular complexity index is 540. The van der Waals surface area contributed by atoms with Crippen LogP contribution in [0.1, 0.15) is 17.4 Å². The molecule has 82 valence electrons. The summed E-state index contributed by atoms with van der Waals surface area (Å²) in [6, 6.07) is 3.52. The van der Waals surface area contributed by atoms with Gasteiger partial charge in [0, 0.05) is 24.3 Å². The normalized spacial score (nSPS) is 10.3. The van der Waals surface area contributed by atoms with E-state index in [9.17, 15) is 9.90 Å². The van der Waals surface area contributed by atoms with Crippen molar-refractivity contribution < 1.29 is 9.90 Å². The molecule has 0 aromatic carbocycles. The molecule has 2 heterocycles. The van der Waals surface area contributed by atoms with Crippen LogP contribution in [-0.2, 0) is 0 Å². The van der Waals surface area contributed by atoms with Crippen LogP contribution in [-0.4, -0.2) is 27.5 Å². The van der Waals surface area contributed by atoms with Gasteiger partial charge < -0.3 is 10.4 Å². The Balaban J connectivity index is 2.56. The maximum absolute atomic E-state index is 11.5. The summed E-state index contributed by atoms with van der Waals surface area (Å²) in [5.41, 5.74) is 0.395. The average molecular weight is 217 g/mol. The molecule has 2 aromatic heterocycles. The lowest BCUT2D eigenvalue weighted by Gasteiger charge is -2.05. The van der Waals surface area contributed by atoms with Gasteiger partial charge >= 0.3 is 0 Å². The second-order valence-electron chi connectivity index (χ2n) is 3.26. The summed E-state index contributed by atoms with van der Waals surface area (Å²) < 4.78 is 0. The first-order valence-corrected chi connectivity index (χ1v) is 4.95. The van der Waals surface area contributed by atoms with E-state index in [-0.39, 0.29) is 11.4 Å². The molecule has 1 amide bonds. The largest absolute Gasteiger partial charge is 0.504 e. The lowest BCUT2D eigenvalue weighted by Crippen LogP contribution is -2.23. The van der Waals surface area contributed by atoms with Crippen LogP contribution in [0, 0.1) is 0 Å². The van der Waals surface area contributed by atoms with Crippen molar-refractivity contribution in [1.82, 2.24) is 15.3 Å². The smallest absolute Gasteiger partial charge is 0.273 e. The fourth-order valence-corrected chi connectivity index (χ4v) is 1.44. The zero-order chi connectivity index (χ0) is 11.5. The number of aromatic nitrogens is 2. The van der Waals surface area contributed by atoms with Crippen molar-refractivity contribution in [2.75, 3.05) is 6.54 Å². The van der Waals surface area contributed by atoms with Gasteiger partial charge in [-0.05, 0) is 19.1 Å². The maximum Gasteiger partial charge on any atom is 0.273 e. The molecule has 5 nitrogen and oxygen atoms in total. The van der Waals surface area contributed by atoms with Crippen molar-refractivity contribution in [3.63, 3.8) is 0 Å².